The molecule has 1 aromatic rings. The van der Waals surface area contributed by atoms with Crippen LogP contribution in [-0.2, 0) is 0 Å². The molecule has 1 aromatic carbocycles. The molecule has 0 aliphatic carbocycles. The van der Waals surface area contributed by atoms with Gasteiger partial charge in [0.2, 0.25) is 0 Å². The van der Waals surface area contributed by atoms with E-state index in [1.807, 2.05) is 0 Å². The van der Waals surface area contributed by atoms with Crippen molar-refractivity contribution in [2.45, 2.75) is 32.7 Å². The zero-order valence-electron chi connectivity index (χ0n) is 9.55. The zero-order chi connectivity index (χ0) is 10.7. The molecule has 1 aliphatic rings. The highest BCUT2D eigenvalue weighted by molar-refractivity contribution is 5.33. The summed E-state index contributed by atoms with van der Waals surface area (Å²) in [6, 6.07) is 6.91. The average Bonchev–Trinajstić information content (AvgIpc) is 2.65. The lowest BCUT2D eigenvalue weighted by atomic mass is 10.1. The van der Waals surface area contributed by atoms with Crippen LogP contribution in [0.3, 0.4) is 0 Å². The Kier molecular flexibility index (Phi) is 3.27. The van der Waals surface area contributed by atoms with Gasteiger partial charge in [0.05, 0.1) is 0 Å². The van der Waals surface area contributed by atoms with Crippen molar-refractivity contribution >= 4 is 0 Å². The number of ether oxygens (including phenoxy) is 1. The fourth-order valence-corrected chi connectivity index (χ4v) is 2.11. The molecule has 0 radical (unpaired) electrons. The van der Waals surface area contributed by atoms with Crippen molar-refractivity contribution in [3.05, 3.63) is 29.3 Å². The van der Waals surface area contributed by atoms with Crippen molar-refractivity contribution in [3.8, 4) is 5.75 Å². The maximum Gasteiger partial charge on any atom is 0.119 e. The highest BCUT2D eigenvalue weighted by atomic mass is 16.5. The highest BCUT2D eigenvalue weighted by Gasteiger charge is 2.14. The van der Waals surface area contributed by atoms with E-state index in [2.05, 4.69) is 37.4 Å². The number of hydrogen-bond donors (Lipinski definition) is 1. The molecular formula is C13H19NO. The molecule has 1 heterocycles. The number of aryl methyl sites for hydroxylation is 2. The molecule has 0 spiro atoms. The summed E-state index contributed by atoms with van der Waals surface area (Å²) in [5.74, 6) is 1.00. The van der Waals surface area contributed by atoms with Gasteiger partial charge in [-0.25, -0.2) is 0 Å². The number of rotatable bonds is 3. The summed E-state index contributed by atoms with van der Waals surface area (Å²) in [6.07, 6.45) is 2.52. The van der Waals surface area contributed by atoms with E-state index in [-0.39, 0.29) is 0 Å². The Morgan fingerprint density at radius 2 is 2.00 bits per heavy atom. The number of benzene rings is 1. The van der Waals surface area contributed by atoms with E-state index in [4.69, 9.17) is 4.74 Å². The van der Waals surface area contributed by atoms with Gasteiger partial charge >= 0.3 is 0 Å². The Balaban J connectivity index is 1.92. The molecule has 2 rings (SSSR count). The minimum atomic E-state index is 0.547. The third-order valence-corrected chi connectivity index (χ3v) is 2.81. The molecule has 1 fully saturated rings. The molecule has 1 N–H and O–H groups in total. The van der Waals surface area contributed by atoms with Crippen LogP contribution in [0.5, 0.6) is 5.75 Å². The van der Waals surface area contributed by atoms with Gasteiger partial charge in [-0.05, 0) is 56.5 Å². The third-order valence-electron chi connectivity index (χ3n) is 2.81. The average molecular weight is 205 g/mol. The van der Waals surface area contributed by atoms with Gasteiger partial charge in [-0.3, -0.25) is 0 Å². The van der Waals surface area contributed by atoms with Crippen LogP contribution in [0.2, 0.25) is 0 Å². The van der Waals surface area contributed by atoms with Crippen LogP contribution < -0.4 is 10.1 Å². The maximum atomic E-state index is 5.79. The summed E-state index contributed by atoms with van der Waals surface area (Å²) >= 11 is 0. The Morgan fingerprint density at radius 3 is 2.60 bits per heavy atom. The van der Waals surface area contributed by atoms with Crippen molar-refractivity contribution < 1.29 is 4.74 Å². The first kappa shape index (κ1) is 10.5. The molecule has 1 saturated heterocycles. The standard InChI is InChI=1S/C13H19NO/c1-10-6-11(2)8-13(7-10)15-9-12-4-3-5-14-12/h6-8,12,14H,3-5,9H2,1-2H3. The van der Waals surface area contributed by atoms with Crippen molar-refractivity contribution in [2.75, 3.05) is 13.2 Å². The van der Waals surface area contributed by atoms with Crippen LogP contribution >= 0.6 is 0 Å². The SMILES string of the molecule is Cc1cc(C)cc(OCC2CCCN2)c1. The Bertz CT molecular complexity index is 309. The first-order chi connectivity index (χ1) is 7.24. The summed E-state index contributed by atoms with van der Waals surface area (Å²) in [4.78, 5) is 0. The van der Waals surface area contributed by atoms with Gasteiger partial charge in [0, 0.05) is 6.04 Å². The minimum absolute atomic E-state index is 0.547. The fraction of sp³-hybridized carbons (Fsp3) is 0.538. The molecule has 1 aliphatic heterocycles. The predicted molar refractivity (Wildman–Crippen MR) is 62.4 cm³/mol. The summed E-state index contributed by atoms with van der Waals surface area (Å²) in [7, 11) is 0. The van der Waals surface area contributed by atoms with Gasteiger partial charge in [-0.1, -0.05) is 6.07 Å². The second kappa shape index (κ2) is 4.67. The van der Waals surface area contributed by atoms with Gasteiger partial charge in [0.1, 0.15) is 12.4 Å². The number of nitrogens with one attached hydrogen (secondary N) is 1. The first-order valence-corrected chi connectivity index (χ1v) is 5.68. The first-order valence-electron chi connectivity index (χ1n) is 5.68. The summed E-state index contributed by atoms with van der Waals surface area (Å²) in [5.41, 5.74) is 2.54. The predicted octanol–water partition coefficient (Wildman–Crippen LogP) is 2.43. The van der Waals surface area contributed by atoms with Crippen molar-refractivity contribution in [1.82, 2.24) is 5.32 Å². The van der Waals surface area contributed by atoms with E-state index < -0.39 is 0 Å². The van der Waals surface area contributed by atoms with Crippen molar-refractivity contribution in [3.63, 3.8) is 0 Å². The largest absolute Gasteiger partial charge is 0.492 e. The molecule has 0 aromatic heterocycles. The van der Waals surface area contributed by atoms with Gasteiger partial charge in [-0.2, -0.15) is 0 Å². The van der Waals surface area contributed by atoms with E-state index >= 15 is 0 Å². The summed E-state index contributed by atoms with van der Waals surface area (Å²) < 4.78 is 5.79. The number of hydrogen-bond acceptors (Lipinski definition) is 2. The molecule has 0 saturated carbocycles. The molecule has 0 amide bonds. The van der Waals surface area contributed by atoms with Crippen LogP contribution in [0, 0.1) is 13.8 Å². The van der Waals surface area contributed by atoms with E-state index in [1.165, 1.54) is 24.0 Å². The Labute approximate surface area is 91.6 Å². The van der Waals surface area contributed by atoms with Crippen LogP contribution in [-0.4, -0.2) is 19.2 Å². The quantitative estimate of drug-likeness (QED) is 0.818. The van der Waals surface area contributed by atoms with Crippen LogP contribution in [0.1, 0.15) is 24.0 Å². The molecular weight excluding hydrogens is 186 g/mol. The van der Waals surface area contributed by atoms with Gasteiger partial charge in [0.25, 0.3) is 0 Å². The lowest BCUT2D eigenvalue weighted by Gasteiger charge is -2.13. The summed E-state index contributed by atoms with van der Waals surface area (Å²) in [6.45, 7) is 6.14. The highest BCUT2D eigenvalue weighted by Crippen LogP contribution is 2.17. The second-order valence-electron chi connectivity index (χ2n) is 4.43. The van der Waals surface area contributed by atoms with Crippen molar-refractivity contribution in [2.24, 2.45) is 0 Å². The lowest BCUT2D eigenvalue weighted by Crippen LogP contribution is -2.28. The van der Waals surface area contributed by atoms with E-state index in [9.17, 15) is 0 Å². The smallest absolute Gasteiger partial charge is 0.119 e. The molecule has 2 nitrogen and oxygen atoms in total. The maximum absolute atomic E-state index is 5.79. The summed E-state index contributed by atoms with van der Waals surface area (Å²) in [5, 5.41) is 3.43. The van der Waals surface area contributed by atoms with E-state index in [1.54, 1.807) is 0 Å². The topological polar surface area (TPSA) is 21.3 Å². The monoisotopic (exact) mass is 205 g/mol. The molecule has 1 atom stereocenters. The minimum Gasteiger partial charge on any atom is -0.492 e. The third kappa shape index (κ3) is 2.96. The van der Waals surface area contributed by atoms with Gasteiger partial charge in [-0.15, -0.1) is 0 Å². The van der Waals surface area contributed by atoms with E-state index in [0.717, 1.165) is 18.9 Å². The van der Waals surface area contributed by atoms with Crippen LogP contribution in [0.25, 0.3) is 0 Å². The molecule has 15 heavy (non-hydrogen) atoms. The van der Waals surface area contributed by atoms with Crippen LogP contribution in [0.15, 0.2) is 18.2 Å². The molecule has 2 heteroatoms. The van der Waals surface area contributed by atoms with E-state index in [0.29, 0.717) is 6.04 Å². The second-order valence-corrected chi connectivity index (χ2v) is 4.43. The Morgan fingerprint density at radius 1 is 1.27 bits per heavy atom. The van der Waals surface area contributed by atoms with Gasteiger partial charge in [0.15, 0.2) is 0 Å². The Hall–Kier alpha value is -1.02. The normalized spacial score (nSPS) is 20.5. The molecule has 0 bridgehead atoms. The zero-order valence-corrected chi connectivity index (χ0v) is 9.55. The molecule has 1 unspecified atom stereocenters. The van der Waals surface area contributed by atoms with Gasteiger partial charge < -0.3 is 10.1 Å². The van der Waals surface area contributed by atoms with Crippen LogP contribution in [0.4, 0.5) is 0 Å². The fourth-order valence-electron chi connectivity index (χ4n) is 2.11. The van der Waals surface area contributed by atoms with Crippen molar-refractivity contribution in [1.29, 1.82) is 0 Å². The molecule has 82 valence electrons. The lowest BCUT2D eigenvalue weighted by molar-refractivity contribution is 0.277.